The first-order valence-electron chi connectivity index (χ1n) is 6.04. The van der Waals surface area contributed by atoms with Gasteiger partial charge in [0, 0.05) is 4.47 Å². The van der Waals surface area contributed by atoms with Crippen molar-refractivity contribution in [3.63, 3.8) is 0 Å². The first-order chi connectivity index (χ1) is 9.60. The summed E-state index contributed by atoms with van der Waals surface area (Å²) in [4.78, 5) is 11.6. The highest BCUT2D eigenvalue weighted by molar-refractivity contribution is 9.10. The molecule has 1 N–H and O–H groups in total. The molecule has 2 aromatic carbocycles. The molecule has 0 spiro atoms. The van der Waals surface area contributed by atoms with Crippen LogP contribution in [-0.2, 0) is 4.79 Å². The number of rotatable bonds is 4. The number of benzene rings is 2. The van der Waals surface area contributed by atoms with E-state index in [1.165, 1.54) is 18.2 Å². The maximum Gasteiger partial charge on any atom is 0.244 e. The Balaban J connectivity index is 2.44. The number of carbonyl (C=O) groups excluding carboxylic acids is 1. The Hall–Kier alpha value is -1.94. The second kappa shape index (κ2) is 6.48. The van der Waals surface area contributed by atoms with Crippen LogP contribution >= 0.6 is 15.9 Å². The summed E-state index contributed by atoms with van der Waals surface area (Å²) in [5.41, 5.74) is 1.54. The Morgan fingerprint density at radius 3 is 2.45 bits per heavy atom. The van der Waals surface area contributed by atoms with E-state index >= 15 is 0 Å². The third-order valence-corrected chi connectivity index (χ3v) is 3.33. The largest absolute Gasteiger partial charge is 0.342 e. The summed E-state index contributed by atoms with van der Waals surface area (Å²) in [5.74, 6) is -0.644. The van der Waals surface area contributed by atoms with Crippen molar-refractivity contribution in [1.82, 2.24) is 5.32 Å². The molecule has 0 heterocycles. The highest BCUT2D eigenvalue weighted by Gasteiger charge is 2.16. The van der Waals surface area contributed by atoms with Gasteiger partial charge in [0.15, 0.2) is 0 Å². The third-order valence-electron chi connectivity index (χ3n) is 2.84. The van der Waals surface area contributed by atoms with Crippen molar-refractivity contribution >= 4 is 21.8 Å². The monoisotopic (exact) mass is 333 g/mol. The predicted octanol–water partition coefficient (Wildman–Crippen LogP) is 3.98. The summed E-state index contributed by atoms with van der Waals surface area (Å²) >= 11 is 3.39. The smallest absolute Gasteiger partial charge is 0.244 e. The van der Waals surface area contributed by atoms with E-state index < -0.39 is 6.04 Å². The lowest BCUT2D eigenvalue weighted by atomic mass is 9.98. The molecule has 0 bridgehead atoms. The molecule has 1 unspecified atom stereocenters. The van der Waals surface area contributed by atoms with E-state index in [2.05, 4.69) is 27.8 Å². The number of hydrogen-bond acceptors (Lipinski definition) is 1. The Kier molecular flexibility index (Phi) is 4.69. The van der Waals surface area contributed by atoms with E-state index in [4.69, 9.17) is 0 Å². The van der Waals surface area contributed by atoms with E-state index in [9.17, 15) is 9.18 Å². The fourth-order valence-electron chi connectivity index (χ4n) is 1.93. The summed E-state index contributed by atoms with van der Waals surface area (Å²) < 4.78 is 14.3. The van der Waals surface area contributed by atoms with Gasteiger partial charge in [-0.2, -0.15) is 0 Å². The van der Waals surface area contributed by atoms with Crippen LogP contribution in [-0.4, -0.2) is 5.91 Å². The highest BCUT2D eigenvalue weighted by atomic mass is 79.9. The minimum atomic E-state index is -0.423. The van der Waals surface area contributed by atoms with Crippen LogP contribution in [0.1, 0.15) is 17.2 Å². The summed E-state index contributed by atoms with van der Waals surface area (Å²) in [5, 5.41) is 2.81. The molecule has 102 valence electrons. The maximum atomic E-state index is 13.4. The molecule has 2 rings (SSSR count). The van der Waals surface area contributed by atoms with E-state index in [0.29, 0.717) is 5.56 Å². The molecular formula is C16H13BrFNO. The second-order valence-corrected chi connectivity index (χ2v) is 5.17. The number of nitrogens with one attached hydrogen (secondary N) is 1. The standard InChI is InChI=1S/C16H13BrFNO/c1-2-15(20)19-16(11-5-3-7-13(17)9-11)12-6-4-8-14(18)10-12/h2-10,16H,1H2,(H,19,20). The molecule has 0 saturated carbocycles. The summed E-state index contributed by atoms with van der Waals surface area (Å²) in [6, 6.07) is 13.3. The van der Waals surface area contributed by atoms with E-state index in [-0.39, 0.29) is 11.7 Å². The van der Waals surface area contributed by atoms with E-state index in [0.717, 1.165) is 10.0 Å². The molecule has 4 heteroatoms. The van der Waals surface area contributed by atoms with Crippen molar-refractivity contribution in [2.45, 2.75) is 6.04 Å². The molecule has 0 fully saturated rings. The number of halogens is 2. The van der Waals surface area contributed by atoms with E-state index in [1.54, 1.807) is 12.1 Å². The van der Waals surface area contributed by atoms with Crippen molar-refractivity contribution in [2.75, 3.05) is 0 Å². The van der Waals surface area contributed by atoms with Crippen LogP contribution in [0.25, 0.3) is 0 Å². The molecular weight excluding hydrogens is 321 g/mol. The minimum Gasteiger partial charge on any atom is -0.342 e. The van der Waals surface area contributed by atoms with Crippen LogP contribution < -0.4 is 5.32 Å². The molecule has 0 saturated heterocycles. The topological polar surface area (TPSA) is 29.1 Å². The fourth-order valence-corrected chi connectivity index (χ4v) is 2.35. The minimum absolute atomic E-state index is 0.306. The van der Waals surface area contributed by atoms with Gasteiger partial charge >= 0.3 is 0 Å². The van der Waals surface area contributed by atoms with Crippen LogP contribution in [0.2, 0.25) is 0 Å². The normalized spacial score (nSPS) is 11.7. The molecule has 0 aliphatic carbocycles. The van der Waals surface area contributed by atoms with Gasteiger partial charge in [0.2, 0.25) is 5.91 Å². The van der Waals surface area contributed by atoms with Gasteiger partial charge in [-0.3, -0.25) is 4.79 Å². The van der Waals surface area contributed by atoms with Gasteiger partial charge < -0.3 is 5.32 Å². The summed E-state index contributed by atoms with van der Waals surface area (Å²) in [6.45, 7) is 3.44. The first-order valence-corrected chi connectivity index (χ1v) is 6.83. The molecule has 0 radical (unpaired) electrons. The number of hydrogen-bond donors (Lipinski definition) is 1. The lowest BCUT2D eigenvalue weighted by Gasteiger charge is -2.19. The molecule has 2 nitrogen and oxygen atoms in total. The lowest BCUT2D eigenvalue weighted by molar-refractivity contribution is -0.116. The Labute approximate surface area is 125 Å². The van der Waals surface area contributed by atoms with Crippen LogP contribution in [0.15, 0.2) is 65.7 Å². The van der Waals surface area contributed by atoms with Crippen LogP contribution in [0.3, 0.4) is 0 Å². The van der Waals surface area contributed by atoms with Crippen molar-refractivity contribution < 1.29 is 9.18 Å². The molecule has 0 aromatic heterocycles. The van der Waals surface area contributed by atoms with Gasteiger partial charge in [-0.1, -0.05) is 46.8 Å². The van der Waals surface area contributed by atoms with E-state index in [1.807, 2.05) is 24.3 Å². The highest BCUT2D eigenvalue weighted by Crippen LogP contribution is 2.25. The number of amides is 1. The fraction of sp³-hybridized carbons (Fsp3) is 0.0625. The molecule has 1 atom stereocenters. The Morgan fingerprint density at radius 2 is 1.85 bits per heavy atom. The number of carbonyl (C=O) groups is 1. The molecule has 0 aliphatic rings. The van der Waals surface area contributed by atoms with Gasteiger partial charge in [-0.25, -0.2) is 4.39 Å². The molecule has 1 amide bonds. The predicted molar refractivity (Wildman–Crippen MR) is 80.7 cm³/mol. The summed E-state index contributed by atoms with van der Waals surface area (Å²) in [7, 11) is 0. The average molecular weight is 334 g/mol. The van der Waals surface area contributed by atoms with Gasteiger partial charge in [0.05, 0.1) is 6.04 Å². The summed E-state index contributed by atoms with van der Waals surface area (Å²) in [6.07, 6.45) is 1.20. The maximum absolute atomic E-state index is 13.4. The van der Waals surface area contributed by atoms with Gasteiger partial charge in [0.1, 0.15) is 5.82 Å². The molecule has 20 heavy (non-hydrogen) atoms. The van der Waals surface area contributed by atoms with Crippen molar-refractivity contribution in [3.8, 4) is 0 Å². The van der Waals surface area contributed by atoms with Gasteiger partial charge in [-0.05, 0) is 41.5 Å². The van der Waals surface area contributed by atoms with Crippen molar-refractivity contribution in [1.29, 1.82) is 0 Å². The first kappa shape index (κ1) is 14.5. The van der Waals surface area contributed by atoms with Gasteiger partial charge in [0.25, 0.3) is 0 Å². The zero-order valence-electron chi connectivity index (χ0n) is 10.6. The Bertz CT molecular complexity index is 596. The average Bonchev–Trinajstić information content (AvgIpc) is 2.44. The third kappa shape index (κ3) is 3.54. The lowest BCUT2D eigenvalue weighted by Crippen LogP contribution is -2.27. The van der Waals surface area contributed by atoms with Gasteiger partial charge in [-0.15, -0.1) is 0 Å². The van der Waals surface area contributed by atoms with Crippen molar-refractivity contribution in [3.05, 3.63) is 82.6 Å². The zero-order chi connectivity index (χ0) is 14.5. The Morgan fingerprint density at radius 1 is 1.20 bits per heavy atom. The quantitative estimate of drug-likeness (QED) is 0.842. The SMILES string of the molecule is C=CC(=O)NC(c1cccc(F)c1)c1cccc(Br)c1. The second-order valence-electron chi connectivity index (χ2n) is 4.26. The molecule has 0 aliphatic heterocycles. The molecule has 2 aromatic rings. The van der Waals surface area contributed by atoms with Crippen molar-refractivity contribution in [2.24, 2.45) is 0 Å². The van der Waals surface area contributed by atoms with Crippen LogP contribution in [0, 0.1) is 5.82 Å². The van der Waals surface area contributed by atoms with Crippen LogP contribution in [0.4, 0.5) is 4.39 Å². The van der Waals surface area contributed by atoms with Crippen LogP contribution in [0.5, 0.6) is 0 Å². The zero-order valence-corrected chi connectivity index (χ0v) is 12.2.